The van der Waals surface area contributed by atoms with Gasteiger partial charge in [0.2, 0.25) is 11.7 Å². The van der Waals surface area contributed by atoms with Crippen LogP contribution in [0.15, 0.2) is 59.1 Å². The van der Waals surface area contributed by atoms with Gasteiger partial charge in [-0.15, -0.1) is 0 Å². The van der Waals surface area contributed by atoms with Crippen LogP contribution < -0.4 is 5.32 Å². The molecule has 0 radical (unpaired) electrons. The number of nitrogens with one attached hydrogen (secondary N) is 1. The molecule has 0 spiro atoms. The second-order valence-corrected chi connectivity index (χ2v) is 6.90. The fourth-order valence-electron chi connectivity index (χ4n) is 3.33. The van der Waals surface area contributed by atoms with E-state index in [9.17, 15) is 9.59 Å². The Balaban J connectivity index is 1.59. The molecule has 7 nitrogen and oxygen atoms in total. The molecular weight excluding hydrogens is 380 g/mol. The minimum Gasteiger partial charge on any atom is -0.337 e. The summed E-state index contributed by atoms with van der Waals surface area (Å²) in [6.45, 7) is 1.76. The van der Waals surface area contributed by atoms with Crippen LogP contribution in [0.5, 0.6) is 0 Å². The van der Waals surface area contributed by atoms with Crippen molar-refractivity contribution in [2.24, 2.45) is 0 Å². The first-order valence-electron chi connectivity index (χ1n) is 8.81. The standard InChI is InChI=1S/C20H17ClN4O3/c1-2-20(14-8-4-3-5-9-14)18(26)25(19(27)23-20)12-16-22-17(24-28-16)13-7-6-10-15(21)11-13/h3-11H,2,12H2,1H3,(H,23,27). The lowest BCUT2D eigenvalue weighted by molar-refractivity contribution is -0.132. The molecule has 1 atom stereocenters. The van der Waals surface area contributed by atoms with Crippen LogP contribution in [0.3, 0.4) is 0 Å². The number of urea groups is 1. The fraction of sp³-hybridized carbons (Fsp3) is 0.200. The summed E-state index contributed by atoms with van der Waals surface area (Å²) in [7, 11) is 0. The second kappa shape index (κ2) is 7.09. The zero-order valence-corrected chi connectivity index (χ0v) is 15.8. The van der Waals surface area contributed by atoms with Crippen molar-refractivity contribution in [3.05, 3.63) is 71.1 Å². The van der Waals surface area contributed by atoms with Crippen molar-refractivity contribution in [3.63, 3.8) is 0 Å². The van der Waals surface area contributed by atoms with Crippen molar-refractivity contribution in [1.82, 2.24) is 20.4 Å². The highest BCUT2D eigenvalue weighted by atomic mass is 35.5. The number of halogens is 1. The van der Waals surface area contributed by atoms with E-state index in [1.165, 1.54) is 0 Å². The van der Waals surface area contributed by atoms with E-state index in [1.807, 2.05) is 37.3 Å². The Morgan fingerprint density at radius 1 is 1.14 bits per heavy atom. The van der Waals surface area contributed by atoms with E-state index in [1.54, 1.807) is 24.3 Å². The Labute approximate surface area is 166 Å². The van der Waals surface area contributed by atoms with Crippen molar-refractivity contribution in [2.45, 2.75) is 25.4 Å². The highest BCUT2D eigenvalue weighted by Crippen LogP contribution is 2.33. The molecule has 8 heteroatoms. The summed E-state index contributed by atoms with van der Waals surface area (Å²) in [5, 5.41) is 7.30. The molecule has 0 aliphatic carbocycles. The summed E-state index contributed by atoms with van der Waals surface area (Å²) in [6, 6.07) is 15.7. The topological polar surface area (TPSA) is 88.3 Å². The van der Waals surface area contributed by atoms with Gasteiger partial charge in [0.25, 0.3) is 5.91 Å². The maximum absolute atomic E-state index is 13.1. The molecule has 1 aliphatic rings. The number of hydrogen-bond acceptors (Lipinski definition) is 5. The Hall–Kier alpha value is -3.19. The monoisotopic (exact) mass is 396 g/mol. The summed E-state index contributed by atoms with van der Waals surface area (Å²) in [6.07, 6.45) is 0.426. The minimum absolute atomic E-state index is 0.104. The highest BCUT2D eigenvalue weighted by Gasteiger charge is 2.51. The zero-order valence-electron chi connectivity index (χ0n) is 15.1. The van der Waals surface area contributed by atoms with Gasteiger partial charge in [-0.2, -0.15) is 4.98 Å². The minimum atomic E-state index is -1.09. The fourth-order valence-corrected chi connectivity index (χ4v) is 3.52. The lowest BCUT2D eigenvalue weighted by Gasteiger charge is -2.25. The molecule has 3 aromatic rings. The Morgan fingerprint density at radius 2 is 1.93 bits per heavy atom. The third-order valence-corrected chi connectivity index (χ3v) is 5.05. The summed E-state index contributed by atoms with van der Waals surface area (Å²) in [4.78, 5) is 31.1. The van der Waals surface area contributed by atoms with Crippen LogP contribution in [0.4, 0.5) is 4.79 Å². The molecule has 1 fully saturated rings. The second-order valence-electron chi connectivity index (χ2n) is 6.47. The van der Waals surface area contributed by atoms with E-state index >= 15 is 0 Å². The number of carbonyl (C=O) groups is 2. The van der Waals surface area contributed by atoms with Gasteiger partial charge in [-0.05, 0) is 24.1 Å². The van der Waals surface area contributed by atoms with Gasteiger partial charge in [-0.3, -0.25) is 9.69 Å². The van der Waals surface area contributed by atoms with Crippen LogP contribution in [-0.2, 0) is 16.9 Å². The number of rotatable bonds is 5. The van der Waals surface area contributed by atoms with Crippen LogP contribution in [0.1, 0.15) is 24.8 Å². The van der Waals surface area contributed by atoms with Crippen LogP contribution in [0.2, 0.25) is 5.02 Å². The summed E-state index contributed by atoms with van der Waals surface area (Å²) in [5.41, 5.74) is 0.337. The van der Waals surface area contributed by atoms with Gasteiger partial charge in [0.1, 0.15) is 12.1 Å². The molecule has 1 unspecified atom stereocenters. The van der Waals surface area contributed by atoms with Crippen LogP contribution in [-0.4, -0.2) is 27.0 Å². The van der Waals surface area contributed by atoms with Gasteiger partial charge in [0.15, 0.2) is 0 Å². The van der Waals surface area contributed by atoms with Gasteiger partial charge in [-0.25, -0.2) is 4.79 Å². The predicted molar refractivity (Wildman–Crippen MR) is 102 cm³/mol. The first-order valence-corrected chi connectivity index (χ1v) is 9.19. The third kappa shape index (κ3) is 3.03. The van der Waals surface area contributed by atoms with Gasteiger partial charge in [0, 0.05) is 10.6 Å². The van der Waals surface area contributed by atoms with Crippen molar-refractivity contribution in [2.75, 3.05) is 0 Å². The quantitative estimate of drug-likeness (QED) is 0.663. The largest absolute Gasteiger partial charge is 0.337 e. The van der Waals surface area contributed by atoms with Gasteiger partial charge in [-0.1, -0.05) is 66.1 Å². The number of amides is 3. The normalized spacial score (nSPS) is 19.1. The van der Waals surface area contributed by atoms with E-state index in [-0.39, 0.29) is 18.3 Å². The molecule has 0 bridgehead atoms. The van der Waals surface area contributed by atoms with Gasteiger partial charge >= 0.3 is 6.03 Å². The molecule has 1 N–H and O–H groups in total. The number of carbonyl (C=O) groups excluding carboxylic acids is 2. The smallest absolute Gasteiger partial charge is 0.325 e. The Bertz CT molecular complexity index is 1040. The lowest BCUT2D eigenvalue weighted by atomic mass is 9.87. The molecule has 1 aromatic heterocycles. The average Bonchev–Trinajstić information content (AvgIpc) is 3.28. The van der Waals surface area contributed by atoms with Crippen molar-refractivity contribution in [1.29, 1.82) is 0 Å². The van der Waals surface area contributed by atoms with Crippen LogP contribution in [0, 0.1) is 0 Å². The molecule has 0 saturated carbocycles. The molecule has 1 saturated heterocycles. The number of benzene rings is 2. The number of nitrogens with zero attached hydrogens (tertiary/aromatic N) is 3. The first-order chi connectivity index (χ1) is 13.5. The van der Waals surface area contributed by atoms with Gasteiger partial charge in [0.05, 0.1) is 0 Å². The van der Waals surface area contributed by atoms with E-state index in [0.717, 1.165) is 10.5 Å². The predicted octanol–water partition coefficient (Wildman–Crippen LogP) is 3.75. The SMILES string of the molecule is CCC1(c2ccccc2)NC(=O)N(Cc2nc(-c3cccc(Cl)c3)no2)C1=O. The van der Waals surface area contributed by atoms with E-state index in [2.05, 4.69) is 15.5 Å². The Morgan fingerprint density at radius 3 is 2.64 bits per heavy atom. The van der Waals surface area contributed by atoms with Crippen LogP contribution >= 0.6 is 11.6 Å². The summed E-state index contributed by atoms with van der Waals surface area (Å²) >= 11 is 5.99. The summed E-state index contributed by atoms with van der Waals surface area (Å²) in [5.74, 6) is 0.168. The van der Waals surface area contributed by atoms with Crippen molar-refractivity contribution < 1.29 is 14.1 Å². The van der Waals surface area contributed by atoms with Crippen molar-refractivity contribution >= 4 is 23.5 Å². The third-order valence-electron chi connectivity index (χ3n) is 4.82. The number of aromatic nitrogens is 2. The van der Waals surface area contributed by atoms with Gasteiger partial charge < -0.3 is 9.84 Å². The average molecular weight is 397 g/mol. The van der Waals surface area contributed by atoms with Crippen molar-refractivity contribution in [3.8, 4) is 11.4 Å². The molecule has 1 aliphatic heterocycles. The number of imide groups is 1. The summed E-state index contributed by atoms with van der Waals surface area (Å²) < 4.78 is 5.25. The number of hydrogen-bond donors (Lipinski definition) is 1. The molecule has 2 heterocycles. The molecule has 3 amide bonds. The molecule has 142 valence electrons. The lowest BCUT2D eigenvalue weighted by Crippen LogP contribution is -2.43. The molecule has 4 rings (SSSR count). The highest BCUT2D eigenvalue weighted by molar-refractivity contribution is 6.30. The van der Waals surface area contributed by atoms with Crippen LogP contribution in [0.25, 0.3) is 11.4 Å². The molecular formula is C20H17ClN4O3. The van der Waals surface area contributed by atoms with E-state index in [0.29, 0.717) is 22.8 Å². The zero-order chi connectivity index (χ0) is 19.7. The maximum Gasteiger partial charge on any atom is 0.325 e. The maximum atomic E-state index is 13.1. The molecule has 28 heavy (non-hydrogen) atoms. The molecule has 2 aromatic carbocycles. The van der Waals surface area contributed by atoms with E-state index < -0.39 is 11.6 Å². The Kier molecular flexibility index (Phi) is 4.60. The van der Waals surface area contributed by atoms with E-state index in [4.69, 9.17) is 16.1 Å². The first kappa shape index (κ1) is 18.2.